The van der Waals surface area contributed by atoms with E-state index in [4.69, 9.17) is 14.2 Å². The van der Waals surface area contributed by atoms with Crippen LogP contribution in [0.1, 0.15) is 109 Å². The molecule has 1 saturated heterocycles. The van der Waals surface area contributed by atoms with Crippen LogP contribution in [0.3, 0.4) is 0 Å². The molecular weight excluding hydrogens is 372 g/mol. The molecule has 0 amide bonds. The van der Waals surface area contributed by atoms with Crippen molar-refractivity contribution in [2.75, 3.05) is 26.4 Å². The Bertz CT molecular complexity index is 482. The van der Waals surface area contributed by atoms with Gasteiger partial charge in [-0.2, -0.15) is 0 Å². The van der Waals surface area contributed by atoms with Gasteiger partial charge in [0.05, 0.1) is 19.8 Å². The van der Waals surface area contributed by atoms with Crippen LogP contribution in [-0.4, -0.2) is 26.4 Å². The van der Waals surface area contributed by atoms with E-state index in [1.165, 1.54) is 89.9 Å². The Morgan fingerprint density at radius 1 is 0.700 bits per heavy atom. The van der Waals surface area contributed by atoms with Gasteiger partial charge in [0.1, 0.15) is 0 Å². The summed E-state index contributed by atoms with van der Waals surface area (Å²) < 4.78 is 17.6. The Hall–Kier alpha value is -0.900. The lowest BCUT2D eigenvalue weighted by Crippen LogP contribution is -2.30. The highest BCUT2D eigenvalue weighted by molar-refractivity contribution is 5.16. The van der Waals surface area contributed by atoms with Crippen molar-refractivity contribution in [3.63, 3.8) is 0 Å². The zero-order valence-corrected chi connectivity index (χ0v) is 19.5. The zero-order chi connectivity index (χ0) is 21.1. The molecule has 0 spiro atoms. The minimum Gasteiger partial charge on any atom is -0.381 e. The topological polar surface area (TPSA) is 27.7 Å². The van der Waals surface area contributed by atoms with Gasteiger partial charge >= 0.3 is 0 Å². The average molecular weight is 419 g/mol. The Kier molecular flexibility index (Phi) is 15.0. The number of hydrogen-bond donors (Lipinski definition) is 0. The maximum atomic E-state index is 5.86. The van der Waals surface area contributed by atoms with Gasteiger partial charge in [-0.15, -0.1) is 0 Å². The first-order chi connectivity index (χ1) is 14.9. The van der Waals surface area contributed by atoms with E-state index in [2.05, 4.69) is 19.1 Å². The number of rotatable bonds is 18. The highest BCUT2D eigenvalue weighted by Crippen LogP contribution is 2.24. The predicted octanol–water partition coefficient (Wildman–Crippen LogP) is 7.85. The van der Waals surface area contributed by atoms with Crippen LogP contribution >= 0.6 is 0 Å². The molecule has 0 aliphatic carbocycles. The van der Waals surface area contributed by atoms with E-state index in [9.17, 15) is 0 Å². The van der Waals surface area contributed by atoms with Gasteiger partial charge in [-0.3, -0.25) is 0 Å². The van der Waals surface area contributed by atoms with Crippen LogP contribution in [0.4, 0.5) is 0 Å². The summed E-state index contributed by atoms with van der Waals surface area (Å²) in [4.78, 5) is 0. The van der Waals surface area contributed by atoms with Gasteiger partial charge in [0.15, 0.2) is 6.29 Å². The minimum absolute atomic E-state index is 0.215. The van der Waals surface area contributed by atoms with Crippen molar-refractivity contribution < 1.29 is 14.2 Å². The van der Waals surface area contributed by atoms with Crippen molar-refractivity contribution >= 4 is 0 Å². The van der Waals surface area contributed by atoms with E-state index in [1.807, 2.05) is 18.2 Å². The first-order valence-corrected chi connectivity index (χ1v) is 12.8. The monoisotopic (exact) mass is 418 g/mol. The molecule has 3 heteroatoms. The molecule has 0 N–H and O–H groups in total. The number of ether oxygens (including phenoxy) is 3. The van der Waals surface area contributed by atoms with Crippen LogP contribution in [-0.2, 0) is 14.2 Å². The highest BCUT2D eigenvalue weighted by Gasteiger charge is 2.23. The summed E-state index contributed by atoms with van der Waals surface area (Å²) in [6.07, 6.45) is 19.3. The van der Waals surface area contributed by atoms with E-state index < -0.39 is 0 Å². The molecule has 1 heterocycles. The van der Waals surface area contributed by atoms with Gasteiger partial charge in [-0.1, -0.05) is 121 Å². The Balaban J connectivity index is 1.30. The van der Waals surface area contributed by atoms with Crippen LogP contribution in [0.25, 0.3) is 0 Å². The second-order valence-electron chi connectivity index (χ2n) is 8.95. The largest absolute Gasteiger partial charge is 0.381 e. The summed E-state index contributed by atoms with van der Waals surface area (Å²) in [5.41, 5.74) is 1.10. The molecule has 2 rings (SSSR count). The quantitative estimate of drug-likeness (QED) is 0.227. The second kappa shape index (κ2) is 17.7. The fraction of sp³-hybridized carbons (Fsp3) is 0.778. The van der Waals surface area contributed by atoms with Crippen molar-refractivity contribution in [3.8, 4) is 0 Å². The maximum absolute atomic E-state index is 5.86. The first kappa shape index (κ1) is 25.4. The summed E-state index contributed by atoms with van der Waals surface area (Å²) in [6.45, 7) is 5.35. The molecule has 0 aromatic heterocycles. The highest BCUT2D eigenvalue weighted by atomic mass is 16.7. The Labute approximate surface area is 185 Å². The van der Waals surface area contributed by atoms with Crippen molar-refractivity contribution in [1.82, 2.24) is 0 Å². The third-order valence-corrected chi connectivity index (χ3v) is 6.03. The number of benzene rings is 1. The van der Waals surface area contributed by atoms with Crippen LogP contribution in [0, 0.1) is 5.92 Å². The molecule has 1 aliphatic rings. The Morgan fingerprint density at radius 3 is 1.73 bits per heavy atom. The molecule has 0 atom stereocenters. The lowest BCUT2D eigenvalue weighted by Gasteiger charge is -2.29. The van der Waals surface area contributed by atoms with Crippen molar-refractivity contribution in [1.29, 1.82) is 0 Å². The average Bonchev–Trinajstić information content (AvgIpc) is 2.80. The van der Waals surface area contributed by atoms with E-state index in [-0.39, 0.29) is 6.29 Å². The third kappa shape index (κ3) is 12.1. The zero-order valence-electron chi connectivity index (χ0n) is 19.5. The van der Waals surface area contributed by atoms with E-state index in [0.717, 1.165) is 32.0 Å². The molecule has 0 bridgehead atoms. The summed E-state index contributed by atoms with van der Waals surface area (Å²) in [7, 11) is 0. The van der Waals surface area contributed by atoms with Gasteiger partial charge in [0, 0.05) is 18.1 Å². The molecule has 1 aliphatic heterocycles. The van der Waals surface area contributed by atoms with E-state index >= 15 is 0 Å². The summed E-state index contributed by atoms with van der Waals surface area (Å²) in [5, 5.41) is 0. The summed E-state index contributed by atoms with van der Waals surface area (Å²) >= 11 is 0. The van der Waals surface area contributed by atoms with Crippen molar-refractivity contribution in [2.45, 2.75) is 103 Å². The second-order valence-corrected chi connectivity index (χ2v) is 8.95. The molecule has 1 aromatic rings. The molecule has 0 unspecified atom stereocenters. The van der Waals surface area contributed by atoms with E-state index in [0.29, 0.717) is 5.92 Å². The Morgan fingerprint density at radius 2 is 1.20 bits per heavy atom. The lowest BCUT2D eigenvalue weighted by molar-refractivity contribution is -0.212. The number of unbranched alkanes of at least 4 members (excludes halogenated alkanes) is 13. The third-order valence-electron chi connectivity index (χ3n) is 6.03. The fourth-order valence-electron chi connectivity index (χ4n) is 4.09. The molecule has 0 saturated carbocycles. The van der Waals surface area contributed by atoms with Crippen LogP contribution in [0.15, 0.2) is 30.3 Å². The smallest absolute Gasteiger partial charge is 0.183 e. The van der Waals surface area contributed by atoms with Gasteiger partial charge in [-0.25, -0.2) is 0 Å². The van der Waals surface area contributed by atoms with Crippen molar-refractivity contribution in [2.24, 2.45) is 5.92 Å². The fourth-order valence-corrected chi connectivity index (χ4v) is 4.09. The van der Waals surface area contributed by atoms with Crippen molar-refractivity contribution in [3.05, 3.63) is 35.9 Å². The van der Waals surface area contributed by atoms with Crippen LogP contribution in [0.2, 0.25) is 0 Å². The molecule has 0 radical (unpaired) electrons. The molecule has 3 nitrogen and oxygen atoms in total. The molecular formula is C27H46O3. The maximum Gasteiger partial charge on any atom is 0.183 e. The SMILES string of the molecule is CCCCCCCCCCCCCCCCOCC1COC(c2ccccc2)OC1. The predicted molar refractivity (Wildman–Crippen MR) is 126 cm³/mol. The molecule has 1 aromatic carbocycles. The molecule has 30 heavy (non-hydrogen) atoms. The number of hydrogen-bond acceptors (Lipinski definition) is 3. The van der Waals surface area contributed by atoms with Gasteiger partial charge in [0.25, 0.3) is 0 Å². The molecule has 1 fully saturated rings. The van der Waals surface area contributed by atoms with Gasteiger partial charge in [-0.05, 0) is 6.42 Å². The minimum atomic E-state index is -0.215. The standard InChI is InChI=1S/C27H46O3/c1-2-3-4-5-6-7-8-9-10-11-12-13-14-18-21-28-22-25-23-29-27(30-24-25)26-19-16-15-17-20-26/h15-17,19-20,25,27H,2-14,18,21-24H2,1H3. The van der Waals surface area contributed by atoms with Crippen LogP contribution < -0.4 is 0 Å². The van der Waals surface area contributed by atoms with Gasteiger partial charge < -0.3 is 14.2 Å². The van der Waals surface area contributed by atoms with Gasteiger partial charge in [0.2, 0.25) is 0 Å². The summed E-state index contributed by atoms with van der Waals surface area (Å²) in [6, 6.07) is 10.2. The lowest BCUT2D eigenvalue weighted by atomic mass is 10.0. The summed E-state index contributed by atoms with van der Waals surface area (Å²) in [5.74, 6) is 0.358. The van der Waals surface area contributed by atoms with Crippen LogP contribution in [0.5, 0.6) is 0 Å². The van der Waals surface area contributed by atoms with E-state index in [1.54, 1.807) is 0 Å². The first-order valence-electron chi connectivity index (χ1n) is 12.8. The molecule has 172 valence electrons. The normalized spacial score (nSPS) is 19.2.